The minimum absolute atomic E-state index is 0.171. The van der Waals surface area contributed by atoms with Crippen LogP contribution in [0.15, 0.2) is 54.7 Å². The molecule has 6 heteroatoms. The third-order valence-corrected chi connectivity index (χ3v) is 3.27. The Hall–Kier alpha value is -3.28. The molecule has 114 valence electrons. The van der Waals surface area contributed by atoms with Crippen molar-refractivity contribution in [2.75, 3.05) is 5.32 Å². The molecule has 0 atom stereocenters. The predicted molar refractivity (Wildman–Crippen MR) is 86.8 cm³/mol. The first kappa shape index (κ1) is 14.6. The molecule has 6 nitrogen and oxygen atoms in total. The molecule has 0 saturated carbocycles. The SMILES string of the molecule is NC(=O)Cc1ccc(NC(=O)c2cnc3ccccc3n2)cc1. The third kappa shape index (κ3) is 3.49. The van der Waals surface area contributed by atoms with Gasteiger partial charge in [0, 0.05) is 5.69 Å². The van der Waals surface area contributed by atoms with Crippen LogP contribution >= 0.6 is 0 Å². The average molecular weight is 306 g/mol. The van der Waals surface area contributed by atoms with E-state index in [-0.39, 0.29) is 18.0 Å². The Balaban J connectivity index is 1.76. The molecule has 0 saturated heterocycles. The van der Waals surface area contributed by atoms with Gasteiger partial charge >= 0.3 is 0 Å². The Bertz CT molecular complexity index is 875. The first-order chi connectivity index (χ1) is 11.1. The van der Waals surface area contributed by atoms with E-state index in [2.05, 4.69) is 15.3 Å². The van der Waals surface area contributed by atoms with Gasteiger partial charge in [-0.25, -0.2) is 4.98 Å². The van der Waals surface area contributed by atoms with Crippen LogP contribution in [0.5, 0.6) is 0 Å². The molecule has 0 fully saturated rings. The minimum Gasteiger partial charge on any atom is -0.369 e. The fourth-order valence-corrected chi connectivity index (χ4v) is 2.17. The zero-order valence-corrected chi connectivity index (χ0v) is 12.2. The molecule has 0 spiro atoms. The van der Waals surface area contributed by atoms with Crippen molar-refractivity contribution in [3.05, 3.63) is 66.0 Å². The number of nitrogens with one attached hydrogen (secondary N) is 1. The van der Waals surface area contributed by atoms with Crippen LogP contribution in [0, 0.1) is 0 Å². The van der Waals surface area contributed by atoms with Crippen molar-refractivity contribution in [3.63, 3.8) is 0 Å². The number of para-hydroxylation sites is 2. The molecule has 1 aromatic heterocycles. The quantitative estimate of drug-likeness (QED) is 0.769. The van der Waals surface area contributed by atoms with Crippen LogP contribution in [0.4, 0.5) is 5.69 Å². The van der Waals surface area contributed by atoms with Gasteiger partial charge in [0.25, 0.3) is 5.91 Å². The van der Waals surface area contributed by atoms with E-state index in [9.17, 15) is 9.59 Å². The highest BCUT2D eigenvalue weighted by molar-refractivity contribution is 6.03. The molecule has 0 aliphatic carbocycles. The number of carbonyl (C=O) groups excluding carboxylic acids is 2. The summed E-state index contributed by atoms with van der Waals surface area (Å²) in [5.41, 5.74) is 8.18. The zero-order valence-electron chi connectivity index (χ0n) is 12.2. The largest absolute Gasteiger partial charge is 0.369 e. The van der Waals surface area contributed by atoms with E-state index < -0.39 is 5.91 Å². The maximum atomic E-state index is 12.2. The number of amides is 2. The highest BCUT2D eigenvalue weighted by Gasteiger charge is 2.09. The molecular weight excluding hydrogens is 292 g/mol. The van der Waals surface area contributed by atoms with E-state index in [1.807, 2.05) is 18.2 Å². The van der Waals surface area contributed by atoms with Gasteiger partial charge < -0.3 is 11.1 Å². The van der Waals surface area contributed by atoms with Gasteiger partial charge in [0.15, 0.2) is 0 Å². The van der Waals surface area contributed by atoms with Crippen molar-refractivity contribution < 1.29 is 9.59 Å². The van der Waals surface area contributed by atoms with Gasteiger partial charge in [-0.15, -0.1) is 0 Å². The fraction of sp³-hybridized carbons (Fsp3) is 0.0588. The van der Waals surface area contributed by atoms with E-state index in [1.54, 1.807) is 30.3 Å². The number of primary amides is 1. The van der Waals surface area contributed by atoms with Crippen molar-refractivity contribution in [1.29, 1.82) is 0 Å². The second kappa shape index (κ2) is 6.23. The second-order valence-corrected chi connectivity index (χ2v) is 5.04. The molecule has 0 bridgehead atoms. The van der Waals surface area contributed by atoms with E-state index >= 15 is 0 Å². The van der Waals surface area contributed by atoms with Crippen LogP contribution < -0.4 is 11.1 Å². The molecule has 23 heavy (non-hydrogen) atoms. The first-order valence-electron chi connectivity index (χ1n) is 7.02. The average Bonchev–Trinajstić information content (AvgIpc) is 2.55. The Morgan fingerprint density at radius 3 is 2.39 bits per heavy atom. The molecule has 1 heterocycles. The second-order valence-electron chi connectivity index (χ2n) is 5.04. The summed E-state index contributed by atoms with van der Waals surface area (Å²) in [5.74, 6) is -0.737. The fourth-order valence-electron chi connectivity index (χ4n) is 2.17. The molecule has 0 unspecified atom stereocenters. The number of nitrogens with zero attached hydrogens (tertiary/aromatic N) is 2. The summed E-state index contributed by atoms with van der Waals surface area (Å²) in [4.78, 5) is 31.6. The number of aromatic nitrogens is 2. The van der Waals surface area contributed by atoms with E-state index in [4.69, 9.17) is 5.73 Å². The number of fused-ring (bicyclic) bond motifs is 1. The van der Waals surface area contributed by atoms with Crippen molar-refractivity contribution in [2.24, 2.45) is 5.73 Å². The summed E-state index contributed by atoms with van der Waals surface area (Å²) in [5, 5.41) is 2.75. The van der Waals surface area contributed by atoms with Gasteiger partial charge in [0.2, 0.25) is 5.91 Å². The molecule has 3 aromatic rings. The normalized spacial score (nSPS) is 10.4. The van der Waals surface area contributed by atoms with Crippen molar-refractivity contribution in [3.8, 4) is 0 Å². The summed E-state index contributed by atoms with van der Waals surface area (Å²) in [6.07, 6.45) is 1.61. The number of carbonyl (C=O) groups is 2. The lowest BCUT2D eigenvalue weighted by Gasteiger charge is -2.06. The van der Waals surface area contributed by atoms with Crippen LogP contribution in [0.1, 0.15) is 16.1 Å². The monoisotopic (exact) mass is 306 g/mol. The van der Waals surface area contributed by atoms with Gasteiger partial charge in [0.05, 0.1) is 23.7 Å². The van der Waals surface area contributed by atoms with E-state index in [1.165, 1.54) is 6.20 Å². The van der Waals surface area contributed by atoms with Crippen LogP contribution in [-0.2, 0) is 11.2 Å². The van der Waals surface area contributed by atoms with Crippen molar-refractivity contribution in [2.45, 2.75) is 6.42 Å². The number of hydrogen-bond acceptors (Lipinski definition) is 4. The Kier molecular flexibility index (Phi) is 3.97. The van der Waals surface area contributed by atoms with E-state index in [0.717, 1.165) is 11.1 Å². The van der Waals surface area contributed by atoms with Crippen molar-refractivity contribution >= 4 is 28.5 Å². The molecule has 0 aliphatic heterocycles. The molecule has 0 radical (unpaired) electrons. The van der Waals surface area contributed by atoms with Gasteiger partial charge in [-0.1, -0.05) is 24.3 Å². The van der Waals surface area contributed by atoms with Crippen molar-refractivity contribution in [1.82, 2.24) is 9.97 Å². The number of hydrogen-bond donors (Lipinski definition) is 2. The van der Waals surface area contributed by atoms with E-state index in [0.29, 0.717) is 11.2 Å². The van der Waals surface area contributed by atoms with Crippen LogP contribution in [0.25, 0.3) is 11.0 Å². The number of rotatable bonds is 4. The Labute approximate surface area is 132 Å². The summed E-state index contributed by atoms with van der Waals surface area (Å²) in [7, 11) is 0. The molecule has 3 rings (SSSR count). The third-order valence-electron chi connectivity index (χ3n) is 3.27. The van der Waals surface area contributed by atoms with Crippen LogP contribution in [0.3, 0.4) is 0 Å². The molecule has 2 aromatic carbocycles. The zero-order chi connectivity index (χ0) is 16.2. The van der Waals surface area contributed by atoms with Crippen LogP contribution in [-0.4, -0.2) is 21.8 Å². The number of benzene rings is 2. The maximum absolute atomic E-state index is 12.2. The molecular formula is C17H14N4O2. The predicted octanol–water partition coefficient (Wildman–Crippen LogP) is 1.91. The lowest BCUT2D eigenvalue weighted by molar-refractivity contribution is -0.117. The molecule has 3 N–H and O–H groups in total. The van der Waals surface area contributed by atoms with Gasteiger partial charge in [-0.3, -0.25) is 14.6 Å². The first-order valence-corrected chi connectivity index (χ1v) is 7.02. The lowest BCUT2D eigenvalue weighted by Crippen LogP contribution is -2.15. The smallest absolute Gasteiger partial charge is 0.275 e. The summed E-state index contributed by atoms with van der Waals surface area (Å²) in [6.45, 7) is 0. The summed E-state index contributed by atoms with van der Waals surface area (Å²) in [6, 6.07) is 14.3. The summed E-state index contributed by atoms with van der Waals surface area (Å²) >= 11 is 0. The molecule has 0 aliphatic rings. The lowest BCUT2D eigenvalue weighted by atomic mass is 10.1. The number of nitrogens with two attached hydrogens (primary N) is 1. The minimum atomic E-state index is -0.395. The highest BCUT2D eigenvalue weighted by Crippen LogP contribution is 2.13. The van der Waals surface area contributed by atoms with Gasteiger partial charge in [-0.05, 0) is 29.8 Å². The molecule has 2 amide bonds. The standard InChI is InChI=1S/C17H14N4O2/c18-16(22)9-11-5-7-12(8-6-11)20-17(23)15-10-19-13-3-1-2-4-14(13)21-15/h1-8,10H,9H2,(H2,18,22)(H,20,23). The Morgan fingerprint density at radius 1 is 1.00 bits per heavy atom. The topological polar surface area (TPSA) is 98.0 Å². The van der Waals surface area contributed by atoms with Crippen LogP contribution in [0.2, 0.25) is 0 Å². The highest BCUT2D eigenvalue weighted by atomic mass is 16.2. The van der Waals surface area contributed by atoms with Gasteiger partial charge in [0.1, 0.15) is 5.69 Å². The number of anilines is 1. The maximum Gasteiger partial charge on any atom is 0.275 e. The Morgan fingerprint density at radius 2 is 1.70 bits per heavy atom. The van der Waals surface area contributed by atoms with Gasteiger partial charge in [-0.2, -0.15) is 0 Å². The summed E-state index contributed by atoms with van der Waals surface area (Å²) < 4.78 is 0.